The molecule has 0 aliphatic carbocycles. The zero-order valence-electron chi connectivity index (χ0n) is 15.1. The average Bonchev–Trinajstić information content (AvgIpc) is 3.09. The number of carbonyl (C=O) groups is 1. The molecule has 0 aliphatic heterocycles. The van der Waals surface area contributed by atoms with E-state index in [4.69, 9.17) is 4.42 Å². The van der Waals surface area contributed by atoms with E-state index in [9.17, 15) is 14.4 Å². The smallest absolute Gasteiger partial charge is 0.329 e. The lowest BCUT2D eigenvalue weighted by Gasteiger charge is -2.10. The minimum atomic E-state index is -0.625. The van der Waals surface area contributed by atoms with Crippen LogP contribution in [0.1, 0.15) is 0 Å². The number of nitrogens with one attached hydrogen (secondary N) is 2. The van der Waals surface area contributed by atoms with Crippen molar-refractivity contribution in [3.8, 4) is 0 Å². The summed E-state index contributed by atoms with van der Waals surface area (Å²) < 4.78 is 7.04. The molecule has 0 radical (unpaired) electrons. The number of aromatic amines is 1. The van der Waals surface area contributed by atoms with Gasteiger partial charge in [0.15, 0.2) is 0 Å². The summed E-state index contributed by atoms with van der Waals surface area (Å²) >= 11 is 0. The summed E-state index contributed by atoms with van der Waals surface area (Å²) in [5.41, 5.74) is 1.41. The molecule has 0 saturated carbocycles. The van der Waals surface area contributed by atoms with Gasteiger partial charge in [0.05, 0.1) is 10.9 Å². The van der Waals surface area contributed by atoms with Gasteiger partial charge in [-0.25, -0.2) is 4.79 Å². The molecule has 2 N–H and O–H groups in total. The van der Waals surface area contributed by atoms with Crippen LogP contribution < -0.4 is 16.6 Å². The molecular formula is C22H15N3O4. The fourth-order valence-electron chi connectivity index (χ4n) is 3.55. The van der Waals surface area contributed by atoms with Gasteiger partial charge in [-0.2, -0.15) is 0 Å². The van der Waals surface area contributed by atoms with E-state index < -0.39 is 11.2 Å². The van der Waals surface area contributed by atoms with Gasteiger partial charge in [0.2, 0.25) is 5.91 Å². The molecule has 142 valence electrons. The number of anilines is 1. The van der Waals surface area contributed by atoms with Gasteiger partial charge in [0.25, 0.3) is 5.56 Å². The van der Waals surface area contributed by atoms with E-state index in [2.05, 4.69) is 10.3 Å². The molecule has 0 saturated heterocycles. The first-order chi connectivity index (χ1) is 14.1. The highest BCUT2D eigenvalue weighted by Gasteiger charge is 2.12. The van der Waals surface area contributed by atoms with Crippen LogP contribution in [0.3, 0.4) is 0 Å². The van der Waals surface area contributed by atoms with Gasteiger partial charge in [-0.3, -0.25) is 19.1 Å². The van der Waals surface area contributed by atoms with Crippen LogP contribution >= 0.6 is 0 Å². The molecule has 0 unspecified atom stereocenters. The van der Waals surface area contributed by atoms with Gasteiger partial charge >= 0.3 is 5.69 Å². The summed E-state index contributed by atoms with van der Waals surface area (Å²) in [6.07, 6.45) is 0. The fourth-order valence-corrected chi connectivity index (χ4v) is 3.55. The van der Waals surface area contributed by atoms with Gasteiger partial charge in [0.1, 0.15) is 17.7 Å². The maximum atomic E-state index is 12.6. The predicted molar refractivity (Wildman–Crippen MR) is 111 cm³/mol. The molecule has 2 aromatic heterocycles. The molecule has 0 aliphatic rings. The quantitative estimate of drug-likeness (QED) is 0.498. The van der Waals surface area contributed by atoms with Crippen LogP contribution in [-0.4, -0.2) is 15.5 Å². The number of carbonyl (C=O) groups excluding carboxylic acids is 1. The molecule has 2 heterocycles. The molecule has 0 spiro atoms. The number of nitrogens with zero attached hydrogens (tertiary/aromatic N) is 1. The number of fused-ring (bicyclic) bond motifs is 4. The monoisotopic (exact) mass is 385 g/mol. The van der Waals surface area contributed by atoms with Crippen LogP contribution in [0.2, 0.25) is 0 Å². The number of hydrogen-bond acceptors (Lipinski definition) is 4. The maximum Gasteiger partial charge on any atom is 0.329 e. The van der Waals surface area contributed by atoms with Crippen LogP contribution in [0, 0.1) is 0 Å². The van der Waals surface area contributed by atoms with Crippen LogP contribution in [0.4, 0.5) is 5.69 Å². The molecule has 0 bridgehead atoms. The number of para-hydroxylation sites is 2. The first-order valence-corrected chi connectivity index (χ1v) is 9.03. The molecule has 0 atom stereocenters. The van der Waals surface area contributed by atoms with Crippen molar-refractivity contribution >= 4 is 44.4 Å². The fraction of sp³-hybridized carbons (Fsp3) is 0.0455. The van der Waals surface area contributed by atoms with E-state index in [1.54, 1.807) is 36.4 Å². The number of rotatable bonds is 3. The largest absolute Gasteiger partial charge is 0.456 e. The third kappa shape index (κ3) is 2.89. The van der Waals surface area contributed by atoms with Crippen molar-refractivity contribution in [2.75, 3.05) is 5.32 Å². The van der Waals surface area contributed by atoms with Crippen LogP contribution in [0.25, 0.3) is 32.8 Å². The van der Waals surface area contributed by atoms with Crippen molar-refractivity contribution in [3.63, 3.8) is 0 Å². The Bertz CT molecular complexity index is 1520. The highest BCUT2D eigenvalue weighted by molar-refractivity contribution is 6.06. The van der Waals surface area contributed by atoms with Crippen molar-refractivity contribution in [2.24, 2.45) is 0 Å². The predicted octanol–water partition coefficient (Wildman–Crippen LogP) is 3.23. The first-order valence-electron chi connectivity index (χ1n) is 9.03. The first kappa shape index (κ1) is 17.0. The summed E-state index contributed by atoms with van der Waals surface area (Å²) in [6, 6.07) is 19.7. The highest BCUT2D eigenvalue weighted by Crippen LogP contribution is 2.30. The Hall–Kier alpha value is -4.13. The van der Waals surface area contributed by atoms with Crippen molar-refractivity contribution in [3.05, 3.63) is 87.6 Å². The van der Waals surface area contributed by atoms with Gasteiger partial charge in [0, 0.05) is 16.5 Å². The number of H-pyrrole nitrogens is 1. The molecule has 29 heavy (non-hydrogen) atoms. The Balaban J connectivity index is 1.49. The Morgan fingerprint density at radius 2 is 1.62 bits per heavy atom. The second-order valence-corrected chi connectivity index (χ2v) is 6.72. The summed E-state index contributed by atoms with van der Waals surface area (Å²) in [4.78, 5) is 39.1. The van der Waals surface area contributed by atoms with E-state index in [-0.39, 0.29) is 12.5 Å². The molecule has 3 aromatic carbocycles. The van der Waals surface area contributed by atoms with Crippen molar-refractivity contribution in [1.29, 1.82) is 0 Å². The van der Waals surface area contributed by atoms with Crippen LogP contribution in [-0.2, 0) is 11.3 Å². The highest BCUT2D eigenvalue weighted by atomic mass is 16.3. The topological polar surface area (TPSA) is 97.1 Å². The molecule has 0 fully saturated rings. The summed E-state index contributed by atoms with van der Waals surface area (Å²) in [5, 5.41) is 5.02. The maximum absolute atomic E-state index is 12.6. The van der Waals surface area contributed by atoms with Crippen molar-refractivity contribution < 1.29 is 9.21 Å². The number of hydrogen-bond donors (Lipinski definition) is 2. The van der Waals surface area contributed by atoms with Crippen LogP contribution in [0.5, 0.6) is 0 Å². The van der Waals surface area contributed by atoms with Crippen molar-refractivity contribution in [1.82, 2.24) is 9.55 Å². The molecule has 1 amide bonds. The van der Waals surface area contributed by atoms with Crippen LogP contribution in [0.15, 0.2) is 80.7 Å². The Morgan fingerprint density at radius 1 is 0.897 bits per heavy atom. The summed E-state index contributed by atoms with van der Waals surface area (Å²) in [6.45, 7) is -0.222. The SMILES string of the molecule is O=C(Cn1c(=O)[nH]c(=O)c2ccccc21)Nc1ccc2oc3ccccc3c2c1. The van der Waals surface area contributed by atoms with Crippen molar-refractivity contribution in [2.45, 2.75) is 6.54 Å². The normalized spacial score (nSPS) is 11.3. The zero-order chi connectivity index (χ0) is 20.0. The average molecular weight is 385 g/mol. The second kappa shape index (κ2) is 6.49. The third-order valence-electron chi connectivity index (χ3n) is 4.87. The van der Waals surface area contributed by atoms with Gasteiger partial charge < -0.3 is 9.73 Å². The Morgan fingerprint density at radius 3 is 2.48 bits per heavy atom. The van der Waals surface area contributed by atoms with E-state index in [0.29, 0.717) is 16.6 Å². The molecule has 5 rings (SSSR count). The van der Waals surface area contributed by atoms with E-state index in [0.717, 1.165) is 21.9 Å². The van der Waals surface area contributed by atoms with E-state index >= 15 is 0 Å². The summed E-state index contributed by atoms with van der Waals surface area (Å²) in [5.74, 6) is -0.378. The molecular weight excluding hydrogens is 370 g/mol. The molecule has 7 nitrogen and oxygen atoms in total. The van der Waals surface area contributed by atoms with Gasteiger partial charge in [-0.15, -0.1) is 0 Å². The van der Waals surface area contributed by atoms with Gasteiger partial charge in [-0.05, 0) is 36.4 Å². The minimum Gasteiger partial charge on any atom is -0.456 e. The molecule has 7 heteroatoms. The minimum absolute atomic E-state index is 0.222. The molecule has 5 aromatic rings. The Kier molecular flexibility index (Phi) is 3.80. The lowest BCUT2D eigenvalue weighted by atomic mass is 10.1. The second-order valence-electron chi connectivity index (χ2n) is 6.72. The summed E-state index contributed by atoms with van der Waals surface area (Å²) in [7, 11) is 0. The third-order valence-corrected chi connectivity index (χ3v) is 4.87. The lowest BCUT2D eigenvalue weighted by Crippen LogP contribution is -2.33. The number of benzene rings is 3. The number of furan rings is 1. The number of aromatic nitrogens is 2. The van der Waals surface area contributed by atoms with E-state index in [1.807, 2.05) is 30.3 Å². The number of amides is 1. The zero-order valence-corrected chi connectivity index (χ0v) is 15.1. The standard InChI is InChI=1S/C22H15N3O4/c26-20(12-25-17-7-3-1-6-15(17)21(27)24-22(25)28)23-13-9-10-19-16(11-13)14-5-2-4-8-18(14)29-19/h1-11H,12H2,(H,23,26)(H,24,27,28). The van der Waals surface area contributed by atoms with E-state index in [1.165, 1.54) is 4.57 Å². The lowest BCUT2D eigenvalue weighted by molar-refractivity contribution is -0.116. The van der Waals surface area contributed by atoms with Gasteiger partial charge in [-0.1, -0.05) is 30.3 Å². The Labute approximate surface area is 163 Å².